The van der Waals surface area contributed by atoms with Gasteiger partial charge in [-0.15, -0.1) is 0 Å². The molecule has 0 aliphatic heterocycles. The van der Waals surface area contributed by atoms with E-state index in [1.165, 1.54) is 0 Å². The van der Waals surface area contributed by atoms with E-state index in [1.807, 2.05) is 12.1 Å². The largest absolute Gasteiger partial charge is 0.497 e. The molecular weight excluding hydrogens is 266 g/mol. The van der Waals surface area contributed by atoms with E-state index in [1.54, 1.807) is 26.5 Å². The number of benzene rings is 1. The van der Waals surface area contributed by atoms with E-state index in [9.17, 15) is 0 Å². The second kappa shape index (κ2) is 6.01. The number of aromatic nitrogens is 3. The van der Waals surface area contributed by atoms with Gasteiger partial charge in [0.25, 0.3) is 0 Å². The highest BCUT2D eigenvalue weighted by molar-refractivity contribution is 7.71. The Hall–Kier alpha value is -2.35. The number of nitrogens with one attached hydrogen (secondary N) is 3. The Labute approximate surface area is 114 Å². The van der Waals surface area contributed by atoms with E-state index in [0.717, 1.165) is 11.3 Å². The van der Waals surface area contributed by atoms with E-state index in [-0.39, 0.29) is 0 Å². The van der Waals surface area contributed by atoms with Crippen molar-refractivity contribution in [3.05, 3.63) is 28.5 Å². The van der Waals surface area contributed by atoms with Crippen molar-refractivity contribution < 1.29 is 9.47 Å². The van der Waals surface area contributed by atoms with Crippen LogP contribution in [0.4, 0.5) is 5.95 Å². The number of aromatic amines is 2. The zero-order chi connectivity index (χ0) is 13.7. The van der Waals surface area contributed by atoms with Crippen LogP contribution >= 0.6 is 12.2 Å². The summed E-state index contributed by atoms with van der Waals surface area (Å²) in [5.41, 5.74) is 3.52. The first-order valence-corrected chi connectivity index (χ1v) is 5.79. The van der Waals surface area contributed by atoms with E-state index in [2.05, 4.69) is 25.7 Å². The van der Waals surface area contributed by atoms with Crippen LogP contribution in [0.15, 0.2) is 23.3 Å². The summed E-state index contributed by atoms with van der Waals surface area (Å²) in [6.45, 7) is 0. The first-order valence-electron chi connectivity index (χ1n) is 5.38. The van der Waals surface area contributed by atoms with E-state index in [4.69, 9.17) is 21.7 Å². The summed E-state index contributed by atoms with van der Waals surface area (Å²) in [5, 5.41) is 9.41. The van der Waals surface area contributed by atoms with E-state index < -0.39 is 0 Å². The third kappa shape index (κ3) is 3.32. The van der Waals surface area contributed by atoms with Crippen molar-refractivity contribution >= 4 is 24.4 Å². The molecule has 0 aliphatic rings. The first kappa shape index (κ1) is 13.1. The highest BCUT2D eigenvalue weighted by atomic mass is 32.1. The lowest BCUT2D eigenvalue weighted by Crippen LogP contribution is -1.96. The zero-order valence-corrected chi connectivity index (χ0v) is 11.2. The molecule has 19 heavy (non-hydrogen) atoms. The molecule has 1 aromatic heterocycles. The summed E-state index contributed by atoms with van der Waals surface area (Å²) in [4.78, 5) is 3.94. The van der Waals surface area contributed by atoms with Crippen molar-refractivity contribution in [1.29, 1.82) is 0 Å². The molecule has 8 heteroatoms. The maximum atomic E-state index is 5.25. The number of H-pyrrole nitrogens is 2. The predicted molar refractivity (Wildman–Crippen MR) is 74.5 cm³/mol. The topological polar surface area (TPSA) is 87.3 Å². The molecule has 0 unspecified atom stereocenters. The Morgan fingerprint density at radius 3 is 2.79 bits per heavy atom. The SMILES string of the molecule is COc1ccc(/C=N/Nc2nc(=S)[nH][nH]2)c(OC)c1. The Morgan fingerprint density at radius 1 is 1.32 bits per heavy atom. The van der Waals surface area contributed by atoms with E-state index >= 15 is 0 Å². The number of hydrogen-bond acceptors (Lipinski definition) is 6. The van der Waals surface area contributed by atoms with Crippen molar-refractivity contribution in [2.45, 2.75) is 0 Å². The second-order valence-corrected chi connectivity index (χ2v) is 3.88. The first-order chi connectivity index (χ1) is 9.22. The van der Waals surface area contributed by atoms with Crippen molar-refractivity contribution in [2.24, 2.45) is 5.10 Å². The normalized spacial score (nSPS) is 10.6. The molecule has 0 radical (unpaired) electrons. The zero-order valence-electron chi connectivity index (χ0n) is 10.4. The van der Waals surface area contributed by atoms with Gasteiger partial charge in [0.05, 0.1) is 20.4 Å². The van der Waals surface area contributed by atoms with Gasteiger partial charge in [-0.3, -0.25) is 10.2 Å². The lowest BCUT2D eigenvalue weighted by molar-refractivity contribution is 0.394. The molecular formula is C11H13N5O2S. The summed E-state index contributed by atoms with van der Waals surface area (Å²) >= 11 is 4.82. The number of nitrogens with zero attached hydrogens (tertiary/aromatic N) is 2. The van der Waals surface area contributed by atoms with Crippen molar-refractivity contribution in [1.82, 2.24) is 15.2 Å². The maximum absolute atomic E-state index is 5.25. The molecule has 0 aliphatic carbocycles. The molecule has 0 saturated carbocycles. The number of hydrogen-bond donors (Lipinski definition) is 3. The van der Waals surface area contributed by atoms with Gasteiger partial charge in [0.15, 0.2) is 0 Å². The van der Waals surface area contributed by atoms with Crippen LogP contribution in [0.1, 0.15) is 5.56 Å². The van der Waals surface area contributed by atoms with Crippen molar-refractivity contribution in [3.8, 4) is 11.5 Å². The molecule has 0 amide bonds. The third-order valence-electron chi connectivity index (χ3n) is 2.32. The fourth-order valence-electron chi connectivity index (χ4n) is 1.41. The molecule has 0 atom stereocenters. The number of methoxy groups -OCH3 is 2. The molecule has 100 valence electrons. The van der Waals surface area contributed by atoms with E-state index in [0.29, 0.717) is 16.5 Å². The van der Waals surface area contributed by atoms with Crippen LogP contribution in [0.25, 0.3) is 0 Å². The molecule has 1 heterocycles. The molecule has 0 saturated heterocycles. The number of rotatable bonds is 5. The molecule has 0 spiro atoms. The fourth-order valence-corrected chi connectivity index (χ4v) is 1.55. The Morgan fingerprint density at radius 2 is 2.16 bits per heavy atom. The molecule has 3 N–H and O–H groups in total. The molecule has 1 aromatic carbocycles. The Balaban J connectivity index is 2.11. The Bertz CT molecular complexity index is 634. The van der Waals surface area contributed by atoms with Gasteiger partial charge >= 0.3 is 0 Å². The minimum atomic E-state index is 0.361. The summed E-state index contributed by atoms with van der Waals surface area (Å²) in [6, 6.07) is 5.45. The lowest BCUT2D eigenvalue weighted by atomic mass is 10.2. The summed E-state index contributed by atoms with van der Waals surface area (Å²) in [5.74, 6) is 1.83. The van der Waals surface area contributed by atoms with Gasteiger partial charge in [-0.2, -0.15) is 10.1 Å². The average Bonchev–Trinajstić information content (AvgIpc) is 2.84. The van der Waals surface area contributed by atoms with Crippen LogP contribution in [0.2, 0.25) is 0 Å². The van der Waals surface area contributed by atoms with Crippen LogP contribution in [-0.4, -0.2) is 35.6 Å². The molecule has 0 bridgehead atoms. The maximum Gasteiger partial charge on any atom is 0.238 e. The predicted octanol–water partition coefficient (Wildman–Crippen LogP) is 1.93. The molecule has 2 rings (SSSR count). The minimum absolute atomic E-state index is 0.361. The summed E-state index contributed by atoms with van der Waals surface area (Å²) in [6.07, 6.45) is 1.61. The molecule has 7 nitrogen and oxygen atoms in total. The van der Waals surface area contributed by atoms with Gasteiger partial charge < -0.3 is 9.47 Å². The van der Waals surface area contributed by atoms with Gasteiger partial charge in [0, 0.05) is 11.6 Å². The van der Waals surface area contributed by atoms with Gasteiger partial charge in [0.2, 0.25) is 10.7 Å². The molecule has 2 aromatic rings. The van der Waals surface area contributed by atoms with Gasteiger partial charge in [-0.1, -0.05) is 0 Å². The number of hydrazone groups is 1. The molecule has 0 fully saturated rings. The highest BCUT2D eigenvalue weighted by Crippen LogP contribution is 2.23. The quantitative estimate of drug-likeness (QED) is 0.442. The van der Waals surface area contributed by atoms with Gasteiger partial charge in [0.1, 0.15) is 11.5 Å². The van der Waals surface area contributed by atoms with Crippen molar-refractivity contribution in [3.63, 3.8) is 0 Å². The second-order valence-electron chi connectivity index (χ2n) is 3.49. The van der Waals surface area contributed by atoms with Crippen molar-refractivity contribution in [2.75, 3.05) is 19.6 Å². The highest BCUT2D eigenvalue weighted by Gasteiger charge is 2.02. The van der Waals surface area contributed by atoms with Crippen LogP contribution in [0.5, 0.6) is 11.5 Å². The third-order valence-corrected chi connectivity index (χ3v) is 2.51. The standard InChI is InChI=1S/C11H13N5O2S/c1-17-8-4-3-7(9(5-8)18-2)6-12-14-10-13-11(19)16-15-10/h3-6H,1-2H3,(H3,13,14,15,16,19)/b12-6+. The number of anilines is 1. The summed E-state index contributed by atoms with van der Waals surface area (Å²) in [7, 11) is 3.19. The summed E-state index contributed by atoms with van der Waals surface area (Å²) < 4.78 is 10.7. The number of ether oxygens (including phenoxy) is 2. The van der Waals surface area contributed by atoms with Crippen LogP contribution in [0, 0.1) is 4.77 Å². The van der Waals surface area contributed by atoms with Crippen LogP contribution in [0.3, 0.4) is 0 Å². The van der Waals surface area contributed by atoms with Crippen LogP contribution in [-0.2, 0) is 0 Å². The minimum Gasteiger partial charge on any atom is -0.497 e. The lowest BCUT2D eigenvalue weighted by Gasteiger charge is -2.06. The van der Waals surface area contributed by atoms with Crippen LogP contribution < -0.4 is 14.9 Å². The van der Waals surface area contributed by atoms with Gasteiger partial charge in [-0.25, -0.2) is 5.43 Å². The Kier molecular flexibility index (Phi) is 4.14. The average molecular weight is 279 g/mol. The smallest absolute Gasteiger partial charge is 0.238 e. The monoisotopic (exact) mass is 279 g/mol. The fraction of sp³-hybridized carbons (Fsp3) is 0.182. The van der Waals surface area contributed by atoms with Gasteiger partial charge in [-0.05, 0) is 24.4 Å².